The number of hydrogen-bond acceptors (Lipinski definition) is 5. The topological polar surface area (TPSA) is 54.2 Å². The smallest absolute Gasteiger partial charge is 0.143 e. The van der Waals surface area contributed by atoms with Crippen LogP contribution in [-0.2, 0) is 0 Å². The second-order valence-electron chi connectivity index (χ2n) is 15.3. The Balaban J connectivity index is 0.958. The van der Waals surface area contributed by atoms with E-state index in [-0.39, 0.29) is 18.5 Å². The van der Waals surface area contributed by atoms with E-state index in [1.54, 1.807) is 0 Å². The lowest BCUT2D eigenvalue weighted by Crippen LogP contribution is -2.60. The van der Waals surface area contributed by atoms with E-state index in [1.807, 2.05) is 11.3 Å². The molecule has 6 heteroatoms. The molecule has 274 valence electrons. The van der Waals surface area contributed by atoms with Crippen molar-refractivity contribution in [1.29, 1.82) is 0 Å². The first-order valence-electron chi connectivity index (χ1n) is 19.8. The SMILES string of the molecule is C1=c2sc3cc(-c4cccc5c4oc4cc(-n6c7ccccc7c7ccccc76)ccc45)ccc3c2=C(C2NC(c3ccccc3)NC(c3ccccc3)N2)CC1. The lowest BCUT2D eigenvalue weighted by atomic mass is 9.95. The minimum Gasteiger partial charge on any atom is -0.455 e. The molecule has 4 heterocycles. The van der Waals surface area contributed by atoms with Gasteiger partial charge in [-0.2, -0.15) is 0 Å². The molecule has 1 aliphatic carbocycles. The summed E-state index contributed by atoms with van der Waals surface area (Å²) < 4.78 is 11.8. The summed E-state index contributed by atoms with van der Waals surface area (Å²) in [7, 11) is 0. The van der Waals surface area contributed by atoms with Crippen molar-refractivity contribution >= 4 is 76.8 Å². The Morgan fingerprint density at radius 2 is 1.18 bits per heavy atom. The Kier molecular flexibility index (Phi) is 7.60. The van der Waals surface area contributed by atoms with E-state index in [0.717, 1.165) is 46.0 Å². The van der Waals surface area contributed by atoms with Crippen LogP contribution >= 0.6 is 11.3 Å². The highest BCUT2D eigenvalue weighted by molar-refractivity contribution is 7.17. The minimum atomic E-state index is 0.00305. The van der Waals surface area contributed by atoms with Crippen LogP contribution in [0.3, 0.4) is 0 Å². The molecule has 0 spiro atoms. The molecule has 5 nitrogen and oxygen atoms in total. The number of aromatic nitrogens is 1. The molecule has 12 rings (SSSR count). The highest BCUT2D eigenvalue weighted by Crippen LogP contribution is 2.39. The second-order valence-corrected chi connectivity index (χ2v) is 16.4. The third kappa shape index (κ3) is 5.33. The van der Waals surface area contributed by atoms with E-state index in [1.165, 1.54) is 63.9 Å². The fourth-order valence-corrected chi connectivity index (χ4v) is 10.7. The third-order valence-corrected chi connectivity index (χ3v) is 13.2. The molecule has 10 aromatic rings. The second kappa shape index (κ2) is 13.2. The number of para-hydroxylation sites is 3. The van der Waals surface area contributed by atoms with Gasteiger partial charge in [-0.25, -0.2) is 0 Å². The molecule has 2 unspecified atom stereocenters. The largest absolute Gasteiger partial charge is 0.455 e. The van der Waals surface area contributed by atoms with E-state index in [9.17, 15) is 0 Å². The summed E-state index contributed by atoms with van der Waals surface area (Å²) in [5, 5.41) is 19.2. The Labute approximate surface area is 333 Å². The maximum atomic E-state index is 6.84. The summed E-state index contributed by atoms with van der Waals surface area (Å²) in [6, 6.07) is 59.0. The van der Waals surface area contributed by atoms with Crippen molar-refractivity contribution in [3.8, 4) is 16.8 Å². The number of nitrogens with zero attached hydrogens (tertiary/aromatic N) is 1. The van der Waals surface area contributed by atoms with Gasteiger partial charge in [0, 0.05) is 58.7 Å². The average molecular weight is 755 g/mol. The van der Waals surface area contributed by atoms with Gasteiger partial charge >= 0.3 is 0 Å². The van der Waals surface area contributed by atoms with Crippen molar-refractivity contribution in [3.05, 3.63) is 185 Å². The lowest BCUT2D eigenvalue weighted by molar-refractivity contribution is 0.231. The van der Waals surface area contributed by atoms with E-state index in [4.69, 9.17) is 4.42 Å². The monoisotopic (exact) mass is 754 g/mol. The Morgan fingerprint density at radius 3 is 1.89 bits per heavy atom. The van der Waals surface area contributed by atoms with Crippen LogP contribution in [0.5, 0.6) is 0 Å². The molecule has 1 saturated heterocycles. The molecule has 0 bridgehead atoms. The zero-order valence-electron chi connectivity index (χ0n) is 31.1. The van der Waals surface area contributed by atoms with Crippen LogP contribution in [-0.4, -0.2) is 10.7 Å². The molecule has 3 N–H and O–H groups in total. The summed E-state index contributed by atoms with van der Waals surface area (Å²) in [6.07, 6.45) is 4.47. The summed E-state index contributed by atoms with van der Waals surface area (Å²) in [4.78, 5) is 0. The van der Waals surface area contributed by atoms with Crippen molar-refractivity contribution in [2.45, 2.75) is 31.3 Å². The third-order valence-electron chi connectivity index (χ3n) is 12.0. The van der Waals surface area contributed by atoms with Crippen molar-refractivity contribution in [1.82, 2.24) is 20.5 Å². The maximum absolute atomic E-state index is 6.84. The summed E-state index contributed by atoms with van der Waals surface area (Å²) >= 11 is 1.90. The summed E-state index contributed by atoms with van der Waals surface area (Å²) in [6.45, 7) is 0. The average Bonchev–Trinajstić information content (AvgIpc) is 3.96. The zero-order valence-corrected chi connectivity index (χ0v) is 31.9. The highest BCUT2D eigenvalue weighted by Gasteiger charge is 2.32. The summed E-state index contributed by atoms with van der Waals surface area (Å²) in [5.74, 6) is 0. The number of thiophene rings is 1. The normalized spacial score (nSPS) is 18.5. The van der Waals surface area contributed by atoms with Gasteiger partial charge in [0.25, 0.3) is 0 Å². The van der Waals surface area contributed by atoms with E-state index in [2.05, 4.69) is 190 Å². The number of fused-ring (bicyclic) bond motifs is 9. The van der Waals surface area contributed by atoms with E-state index < -0.39 is 0 Å². The van der Waals surface area contributed by atoms with Crippen molar-refractivity contribution in [2.24, 2.45) is 0 Å². The van der Waals surface area contributed by atoms with Crippen LogP contribution in [0.2, 0.25) is 0 Å². The van der Waals surface area contributed by atoms with Crippen LogP contribution in [0.4, 0.5) is 0 Å². The van der Waals surface area contributed by atoms with Crippen molar-refractivity contribution < 1.29 is 4.42 Å². The molecule has 0 amide bonds. The Hall–Kier alpha value is -6.28. The first kappa shape index (κ1) is 32.9. The zero-order chi connectivity index (χ0) is 37.5. The Morgan fingerprint density at radius 1 is 0.544 bits per heavy atom. The highest BCUT2D eigenvalue weighted by atomic mass is 32.1. The van der Waals surface area contributed by atoms with Gasteiger partial charge in [0.1, 0.15) is 11.2 Å². The van der Waals surface area contributed by atoms with Gasteiger partial charge in [0.2, 0.25) is 0 Å². The quantitative estimate of drug-likeness (QED) is 0.164. The molecular weight excluding hydrogens is 717 g/mol. The van der Waals surface area contributed by atoms with Gasteiger partial charge in [0.15, 0.2) is 0 Å². The van der Waals surface area contributed by atoms with E-state index >= 15 is 0 Å². The summed E-state index contributed by atoms with van der Waals surface area (Å²) in [5.41, 5.74) is 11.5. The molecule has 2 atom stereocenters. The predicted octanol–water partition coefficient (Wildman–Crippen LogP) is 10.8. The molecule has 0 saturated carbocycles. The van der Waals surface area contributed by atoms with Gasteiger partial charge < -0.3 is 8.98 Å². The van der Waals surface area contributed by atoms with Crippen LogP contribution in [0.15, 0.2) is 168 Å². The molecule has 1 fully saturated rings. The predicted molar refractivity (Wildman–Crippen MR) is 237 cm³/mol. The number of rotatable bonds is 5. The van der Waals surface area contributed by atoms with Crippen LogP contribution in [0.1, 0.15) is 36.3 Å². The van der Waals surface area contributed by atoms with Crippen LogP contribution in [0.25, 0.3) is 82.3 Å². The molecule has 1 aliphatic heterocycles. The number of benzene rings is 7. The first-order chi connectivity index (χ1) is 28.2. The minimum absolute atomic E-state index is 0.00305. The molecular formula is C51H38N4OS. The number of furan rings is 1. The van der Waals surface area contributed by atoms with Gasteiger partial charge in [-0.3, -0.25) is 16.0 Å². The lowest BCUT2D eigenvalue weighted by Gasteiger charge is -2.40. The van der Waals surface area contributed by atoms with Crippen molar-refractivity contribution in [3.63, 3.8) is 0 Å². The molecule has 0 radical (unpaired) electrons. The Bertz CT molecular complexity index is 3210. The first-order valence-corrected chi connectivity index (χ1v) is 20.6. The fraction of sp³-hybridized carbons (Fsp3) is 0.0980. The molecule has 7 aromatic carbocycles. The standard InChI is InChI=1S/C51H38N4OS/c1-3-13-31(14-4-1)49-52-50(32-15-5-2-6-16-32)54-51(53-49)41-21-12-24-45-47(41)40-27-25-33(29-46(40)57-45)35-19-11-20-39-38-28-26-34(30-44(38)56-48(35)39)55-42-22-9-7-17-36(42)37-18-8-10-23-43(37)55/h1-11,13-20,22-30,49-54H,12,21H2. The van der Waals surface area contributed by atoms with Gasteiger partial charge in [-0.15, -0.1) is 11.3 Å². The number of nitrogens with one attached hydrogen (secondary N) is 3. The molecule has 3 aromatic heterocycles. The van der Waals surface area contributed by atoms with Gasteiger partial charge in [0.05, 0.1) is 29.5 Å². The van der Waals surface area contributed by atoms with Crippen molar-refractivity contribution in [2.75, 3.05) is 0 Å². The van der Waals surface area contributed by atoms with Crippen LogP contribution < -0.4 is 25.7 Å². The molecule has 2 aliphatic rings. The van der Waals surface area contributed by atoms with Crippen LogP contribution in [0, 0.1) is 0 Å². The van der Waals surface area contributed by atoms with E-state index in [0.29, 0.717) is 0 Å². The maximum Gasteiger partial charge on any atom is 0.143 e. The fourth-order valence-electron chi connectivity index (χ4n) is 9.41. The van der Waals surface area contributed by atoms with Gasteiger partial charge in [-0.05, 0) is 65.4 Å². The number of hydrogen-bond donors (Lipinski definition) is 3. The molecule has 57 heavy (non-hydrogen) atoms. The van der Waals surface area contributed by atoms with Gasteiger partial charge in [-0.1, -0.05) is 133 Å².